The molecule has 10 heteroatoms. The second-order valence-corrected chi connectivity index (χ2v) is 11.5. The number of carbonyl (C=O) groups is 2. The summed E-state index contributed by atoms with van der Waals surface area (Å²) >= 11 is 12.2. The minimum absolute atomic E-state index is 0.0506. The van der Waals surface area contributed by atoms with Crippen molar-refractivity contribution in [2.24, 2.45) is 0 Å². The van der Waals surface area contributed by atoms with Crippen LogP contribution in [0.3, 0.4) is 0 Å². The Bertz CT molecular complexity index is 1540. The zero-order chi connectivity index (χ0) is 27.5. The van der Waals surface area contributed by atoms with Crippen molar-refractivity contribution in [2.45, 2.75) is 57.2 Å². The number of nitrogens with zero attached hydrogens (tertiary/aromatic N) is 4. The van der Waals surface area contributed by atoms with E-state index in [4.69, 9.17) is 28.2 Å². The lowest BCUT2D eigenvalue weighted by atomic mass is 9.68. The smallest absolute Gasteiger partial charge is 0.263 e. The molecule has 0 bridgehead atoms. The van der Waals surface area contributed by atoms with E-state index in [2.05, 4.69) is 10.2 Å². The quantitative estimate of drug-likeness (QED) is 0.498. The molecule has 3 aromatic rings. The molecule has 2 aliphatic heterocycles. The lowest BCUT2D eigenvalue weighted by Crippen LogP contribution is -2.65. The average Bonchev–Trinajstić information content (AvgIpc) is 2.88. The van der Waals surface area contributed by atoms with Gasteiger partial charge in [0.05, 0.1) is 28.0 Å². The summed E-state index contributed by atoms with van der Waals surface area (Å²) in [7, 11) is 1.59. The zero-order valence-corrected chi connectivity index (χ0v) is 23.3. The fourth-order valence-corrected chi connectivity index (χ4v) is 6.29. The van der Waals surface area contributed by atoms with Gasteiger partial charge in [-0.3, -0.25) is 14.4 Å². The van der Waals surface area contributed by atoms with Crippen molar-refractivity contribution in [1.82, 2.24) is 19.8 Å². The lowest BCUT2D eigenvalue weighted by Gasteiger charge is -2.59. The summed E-state index contributed by atoms with van der Waals surface area (Å²) in [4.78, 5) is 48.8. The molecule has 0 unspecified atom stereocenters. The Morgan fingerprint density at radius 3 is 2.33 bits per heavy atom. The minimum atomic E-state index is -0.217. The first-order valence-corrected chi connectivity index (χ1v) is 14.0. The second kappa shape index (κ2) is 9.68. The molecule has 202 valence electrons. The molecule has 0 radical (unpaired) electrons. The third-order valence-electron chi connectivity index (χ3n) is 8.54. The number of nitrogens with one attached hydrogen (secondary N) is 1. The van der Waals surface area contributed by atoms with Crippen molar-refractivity contribution in [3.63, 3.8) is 0 Å². The lowest BCUT2D eigenvalue weighted by molar-refractivity contribution is 0.0652. The van der Waals surface area contributed by atoms with Crippen molar-refractivity contribution >= 4 is 41.0 Å². The molecule has 3 heterocycles. The van der Waals surface area contributed by atoms with Crippen LogP contribution in [0.5, 0.6) is 0 Å². The molecule has 8 nitrogen and oxygen atoms in total. The van der Waals surface area contributed by atoms with E-state index in [1.165, 1.54) is 0 Å². The van der Waals surface area contributed by atoms with Crippen LogP contribution in [0.2, 0.25) is 10.0 Å². The first-order valence-electron chi connectivity index (χ1n) is 13.2. The van der Waals surface area contributed by atoms with Gasteiger partial charge in [-0.2, -0.15) is 0 Å². The maximum Gasteiger partial charge on any atom is 0.263 e. The van der Waals surface area contributed by atoms with Gasteiger partial charge in [0.2, 0.25) is 5.95 Å². The van der Waals surface area contributed by atoms with Crippen LogP contribution in [0.4, 0.5) is 5.95 Å². The van der Waals surface area contributed by atoms with Gasteiger partial charge in [-0.15, -0.1) is 0 Å². The van der Waals surface area contributed by atoms with Gasteiger partial charge in [0.1, 0.15) is 0 Å². The number of fused-ring (bicyclic) bond motifs is 1. The second-order valence-electron chi connectivity index (χ2n) is 10.7. The zero-order valence-electron chi connectivity index (χ0n) is 21.8. The molecule has 39 heavy (non-hydrogen) atoms. The van der Waals surface area contributed by atoms with Crippen LogP contribution in [-0.4, -0.2) is 51.4 Å². The molecule has 2 amide bonds. The Hall–Kier alpha value is -3.36. The largest absolute Gasteiger partial charge is 0.355 e. The van der Waals surface area contributed by atoms with E-state index in [1.807, 2.05) is 6.92 Å². The van der Waals surface area contributed by atoms with Gasteiger partial charge in [-0.1, -0.05) is 23.2 Å². The van der Waals surface area contributed by atoms with Gasteiger partial charge in [-0.05, 0) is 81.5 Å². The summed E-state index contributed by atoms with van der Waals surface area (Å²) in [6.45, 7) is 2.99. The average molecular weight is 566 g/mol. The number of benzene rings is 2. The molecular formula is C29H29Cl2N5O3. The number of aromatic nitrogens is 2. The van der Waals surface area contributed by atoms with Crippen molar-refractivity contribution in [3.05, 3.63) is 85.2 Å². The predicted molar refractivity (Wildman–Crippen MR) is 151 cm³/mol. The number of hydrogen-bond donors (Lipinski definition) is 1. The third kappa shape index (κ3) is 4.21. The van der Waals surface area contributed by atoms with E-state index in [0.29, 0.717) is 50.5 Å². The van der Waals surface area contributed by atoms with E-state index >= 15 is 0 Å². The Morgan fingerprint density at radius 2 is 1.74 bits per heavy atom. The number of rotatable bonds is 4. The number of hydrogen-bond acceptors (Lipinski definition) is 5. The van der Waals surface area contributed by atoms with E-state index in [0.717, 1.165) is 32.2 Å². The normalized spacial score (nSPS) is 19.2. The first-order chi connectivity index (χ1) is 18.7. The Morgan fingerprint density at radius 1 is 1.03 bits per heavy atom. The number of halogens is 2. The van der Waals surface area contributed by atoms with E-state index in [1.54, 1.807) is 59.0 Å². The fraction of sp³-hybridized carbons (Fsp3) is 0.379. The maximum atomic E-state index is 14.1. The monoisotopic (exact) mass is 565 g/mol. The molecule has 1 spiro atoms. The molecule has 1 aromatic heterocycles. The molecule has 3 aliphatic rings. The SMILES string of the molecule is CNC(=O)c1ccc(-n2c(N3CCC34CCC4)nc3c(c2=O)C[C@@H](C)N(C(=O)c2ccc(Cl)c(Cl)c2)C3)cc1. The Labute approximate surface area is 236 Å². The summed E-state index contributed by atoms with van der Waals surface area (Å²) in [5.41, 5.74) is 2.80. The van der Waals surface area contributed by atoms with Gasteiger partial charge in [-0.25, -0.2) is 9.55 Å². The molecule has 1 saturated heterocycles. The van der Waals surface area contributed by atoms with Gasteiger partial charge in [0.25, 0.3) is 17.4 Å². The molecular weight excluding hydrogens is 537 g/mol. The van der Waals surface area contributed by atoms with E-state index in [9.17, 15) is 14.4 Å². The van der Waals surface area contributed by atoms with Crippen LogP contribution in [0.1, 0.15) is 64.6 Å². The molecule has 6 rings (SSSR count). The number of amides is 2. The number of anilines is 1. The highest BCUT2D eigenvalue weighted by molar-refractivity contribution is 6.42. The Balaban J connectivity index is 1.43. The van der Waals surface area contributed by atoms with Crippen molar-refractivity contribution in [1.29, 1.82) is 0 Å². The van der Waals surface area contributed by atoms with E-state index < -0.39 is 0 Å². The minimum Gasteiger partial charge on any atom is -0.355 e. The molecule has 1 N–H and O–H groups in total. The maximum absolute atomic E-state index is 14.1. The third-order valence-corrected chi connectivity index (χ3v) is 9.28. The topological polar surface area (TPSA) is 87.5 Å². The summed E-state index contributed by atoms with van der Waals surface area (Å²) in [6, 6.07) is 11.7. The highest BCUT2D eigenvalue weighted by Gasteiger charge is 2.51. The van der Waals surface area contributed by atoms with Gasteiger partial charge < -0.3 is 15.1 Å². The highest BCUT2D eigenvalue weighted by atomic mass is 35.5. The molecule has 2 fully saturated rings. The van der Waals surface area contributed by atoms with Crippen molar-refractivity contribution < 1.29 is 9.59 Å². The molecule has 2 aromatic carbocycles. The molecule has 1 saturated carbocycles. The summed E-state index contributed by atoms with van der Waals surface area (Å²) in [5, 5.41) is 3.34. The van der Waals surface area contributed by atoms with Crippen LogP contribution in [-0.2, 0) is 13.0 Å². The van der Waals surface area contributed by atoms with E-state index in [-0.39, 0.29) is 35.5 Å². The van der Waals surface area contributed by atoms with Crippen molar-refractivity contribution in [3.8, 4) is 5.69 Å². The summed E-state index contributed by atoms with van der Waals surface area (Å²) in [5.74, 6) is 0.242. The van der Waals surface area contributed by atoms with Crippen molar-refractivity contribution in [2.75, 3.05) is 18.5 Å². The van der Waals surface area contributed by atoms with Gasteiger partial charge in [0, 0.05) is 41.9 Å². The van der Waals surface area contributed by atoms with Crippen LogP contribution in [0.25, 0.3) is 5.69 Å². The fourth-order valence-electron chi connectivity index (χ4n) is 5.99. The summed E-state index contributed by atoms with van der Waals surface area (Å²) < 4.78 is 1.69. The highest BCUT2D eigenvalue weighted by Crippen LogP contribution is 2.49. The van der Waals surface area contributed by atoms with Crippen LogP contribution in [0, 0.1) is 0 Å². The summed E-state index contributed by atoms with van der Waals surface area (Å²) in [6.07, 6.45) is 4.78. The van der Waals surface area contributed by atoms with Crippen LogP contribution in [0.15, 0.2) is 47.3 Å². The van der Waals surface area contributed by atoms with Crippen LogP contribution >= 0.6 is 23.2 Å². The van der Waals surface area contributed by atoms with Gasteiger partial charge in [0.15, 0.2) is 0 Å². The first kappa shape index (κ1) is 25.9. The number of carbonyl (C=O) groups excluding carboxylic acids is 2. The predicted octanol–water partition coefficient (Wildman–Crippen LogP) is 4.62. The van der Waals surface area contributed by atoms with Gasteiger partial charge >= 0.3 is 0 Å². The Kier molecular flexibility index (Phi) is 6.43. The van der Waals surface area contributed by atoms with Crippen LogP contribution < -0.4 is 15.8 Å². The molecule has 1 atom stereocenters. The molecule has 1 aliphatic carbocycles. The standard InChI is InChI=1S/C29H29Cl2N5O3/c1-17-14-21-24(16-34(17)26(38)19-6-9-22(30)23(31)15-19)33-28(35-13-12-29(35)10-3-11-29)36(27(21)39)20-7-4-18(5-8-20)25(37)32-2/h4-9,15,17H,3,10-14,16H2,1-2H3,(H,32,37)/t17-/m1/s1.